The van der Waals surface area contributed by atoms with Gasteiger partial charge in [0.1, 0.15) is 9.52 Å². The van der Waals surface area contributed by atoms with Gasteiger partial charge in [-0.2, -0.15) is 13.2 Å². The van der Waals surface area contributed by atoms with Crippen LogP contribution in [0.4, 0.5) is 13.2 Å². The van der Waals surface area contributed by atoms with Crippen molar-refractivity contribution in [3.63, 3.8) is 0 Å². The van der Waals surface area contributed by atoms with Crippen molar-refractivity contribution in [3.8, 4) is 11.5 Å². The zero-order valence-corrected chi connectivity index (χ0v) is 9.56. The lowest BCUT2D eigenvalue weighted by atomic mass is 10.2. The molecule has 0 heterocycles. The summed E-state index contributed by atoms with van der Waals surface area (Å²) < 4.78 is 35.3. The zero-order valence-electron chi connectivity index (χ0n) is 8.14. The summed E-state index contributed by atoms with van der Waals surface area (Å²) in [7, 11) is -0.893. The number of benzene rings is 1. The third-order valence-corrected chi connectivity index (χ3v) is 2.90. The van der Waals surface area contributed by atoms with Crippen LogP contribution < -0.4 is 0 Å². The second-order valence-corrected chi connectivity index (χ2v) is 4.70. The van der Waals surface area contributed by atoms with Crippen molar-refractivity contribution >= 4 is 9.52 Å². The number of hydrogen-bond acceptors (Lipinski definition) is 0. The van der Waals surface area contributed by atoms with Gasteiger partial charge in [-0.05, 0) is 18.2 Å². The minimum absolute atomic E-state index is 0.212. The molecule has 0 fully saturated rings. The highest BCUT2D eigenvalue weighted by Gasteiger charge is 2.25. The van der Waals surface area contributed by atoms with E-state index in [0.29, 0.717) is 0 Å². The summed E-state index contributed by atoms with van der Waals surface area (Å²) in [4.78, 5) is 0. The molecule has 0 aromatic heterocycles. The van der Waals surface area contributed by atoms with Gasteiger partial charge < -0.3 is 0 Å². The first kappa shape index (κ1) is 11.9. The van der Waals surface area contributed by atoms with Gasteiger partial charge >= 0.3 is 6.18 Å². The van der Waals surface area contributed by atoms with Crippen LogP contribution in [0.5, 0.6) is 0 Å². The molecule has 0 amide bonds. The average Bonchev–Trinajstić information content (AvgIpc) is 2.17. The molecule has 0 unspecified atom stereocenters. The largest absolute Gasteiger partial charge is 0.388 e. The molecular weight excluding hydrogens is 217 g/mol. The highest BCUT2D eigenvalue weighted by Crippen LogP contribution is 2.20. The van der Waals surface area contributed by atoms with Crippen molar-refractivity contribution in [1.82, 2.24) is 0 Å². The third-order valence-electron chi connectivity index (χ3n) is 1.77. The van der Waals surface area contributed by atoms with Crippen LogP contribution in [-0.2, 0) is 0 Å². The Bertz CT molecular complexity index is 346. The van der Waals surface area contributed by atoms with Gasteiger partial charge in [0.15, 0.2) is 0 Å². The van der Waals surface area contributed by atoms with Crippen LogP contribution in [0.2, 0.25) is 6.04 Å². The number of hydrogen-bond donors (Lipinski definition) is 0. The molecule has 0 radical (unpaired) electrons. The van der Waals surface area contributed by atoms with Crippen molar-refractivity contribution in [1.29, 1.82) is 0 Å². The molecule has 0 aliphatic rings. The third kappa shape index (κ3) is 5.97. The minimum atomic E-state index is -4.03. The van der Waals surface area contributed by atoms with Gasteiger partial charge in [-0.3, -0.25) is 0 Å². The quantitative estimate of drug-likeness (QED) is 0.414. The van der Waals surface area contributed by atoms with E-state index in [2.05, 4.69) is 11.5 Å². The Kier molecular flexibility index (Phi) is 4.44. The lowest BCUT2D eigenvalue weighted by molar-refractivity contribution is -0.130. The first-order chi connectivity index (χ1) is 7.08. The maximum Gasteiger partial charge on any atom is 0.388 e. The lowest BCUT2D eigenvalue weighted by Crippen LogP contribution is -2.07. The monoisotopic (exact) mass is 228 g/mol. The first-order valence-electron chi connectivity index (χ1n) is 4.68. The van der Waals surface area contributed by atoms with Crippen molar-refractivity contribution in [2.24, 2.45) is 0 Å². The molecule has 1 aromatic rings. The van der Waals surface area contributed by atoms with Crippen LogP contribution >= 0.6 is 0 Å². The van der Waals surface area contributed by atoms with Crippen LogP contribution in [0.1, 0.15) is 12.0 Å². The molecule has 0 saturated carbocycles. The number of halogens is 3. The van der Waals surface area contributed by atoms with Gasteiger partial charge in [0.05, 0.1) is 0 Å². The second-order valence-electron chi connectivity index (χ2n) is 3.14. The Morgan fingerprint density at radius 1 is 1.13 bits per heavy atom. The number of alkyl halides is 3. The van der Waals surface area contributed by atoms with Gasteiger partial charge in [0, 0.05) is 12.0 Å². The smallest absolute Gasteiger partial charge is 0.171 e. The molecule has 4 heteroatoms. The van der Waals surface area contributed by atoms with Crippen LogP contribution in [0.3, 0.4) is 0 Å². The summed E-state index contributed by atoms with van der Waals surface area (Å²) in [5.74, 6) is 2.88. The summed E-state index contributed by atoms with van der Waals surface area (Å²) in [5.41, 5.74) is 3.74. The molecular formula is C11H11F3Si. The molecule has 80 valence electrons. The van der Waals surface area contributed by atoms with Gasteiger partial charge in [-0.25, -0.2) is 0 Å². The predicted molar refractivity (Wildman–Crippen MR) is 57.3 cm³/mol. The highest BCUT2D eigenvalue weighted by molar-refractivity contribution is 6.46. The fourth-order valence-corrected chi connectivity index (χ4v) is 2.15. The van der Waals surface area contributed by atoms with E-state index in [1.807, 2.05) is 30.3 Å². The summed E-state index contributed by atoms with van der Waals surface area (Å²) in [6, 6.07) is 9.52. The Labute approximate surface area is 89.3 Å². The molecule has 1 rings (SSSR count). The van der Waals surface area contributed by atoms with E-state index in [1.165, 1.54) is 0 Å². The standard InChI is InChI=1S/C11H11F3Si/c12-11(13,14)7-9-15-8-6-10-4-2-1-3-5-10/h1-5H,7,9,15H2. The molecule has 0 atom stereocenters. The van der Waals surface area contributed by atoms with E-state index in [0.717, 1.165) is 5.56 Å². The van der Waals surface area contributed by atoms with Crippen LogP contribution in [-0.4, -0.2) is 15.7 Å². The summed E-state index contributed by atoms with van der Waals surface area (Å²) in [6.07, 6.45) is -4.72. The molecule has 15 heavy (non-hydrogen) atoms. The Balaban J connectivity index is 2.30. The second kappa shape index (κ2) is 5.62. The van der Waals surface area contributed by atoms with E-state index < -0.39 is 22.1 Å². The van der Waals surface area contributed by atoms with Gasteiger partial charge in [-0.15, -0.1) is 5.54 Å². The van der Waals surface area contributed by atoms with E-state index in [4.69, 9.17) is 0 Å². The molecule has 0 aliphatic carbocycles. The normalized spacial score (nSPS) is 11.4. The molecule has 0 saturated heterocycles. The van der Waals surface area contributed by atoms with Gasteiger partial charge in [0.2, 0.25) is 0 Å². The zero-order chi connectivity index (χ0) is 11.1. The van der Waals surface area contributed by atoms with Crippen molar-refractivity contribution < 1.29 is 13.2 Å². The SMILES string of the molecule is FC(F)(F)CC[SiH2]C#Cc1ccccc1. The Morgan fingerprint density at radius 3 is 2.40 bits per heavy atom. The summed E-state index contributed by atoms with van der Waals surface area (Å²) >= 11 is 0. The molecule has 1 aromatic carbocycles. The lowest BCUT2D eigenvalue weighted by Gasteiger charge is -2.01. The summed E-state index contributed by atoms with van der Waals surface area (Å²) in [6.45, 7) is 0. The fourth-order valence-electron chi connectivity index (χ4n) is 1.06. The maximum atomic E-state index is 11.8. The highest BCUT2D eigenvalue weighted by atomic mass is 28.2. The van der Waals surface area contributed by atoms with Gasteiger partial charge in [0.25, 0.3) is 0 Å². The van der Waals surface area contributed by atoms with Crippen LogP contribution in [0, 0.1) is 11.5 Å². The minimum Gasteiger partial charge on any atom is -0.171 e. The topological polar surface area (TPSA) is 0 Å². The molecule has 0 nitrogen and oxygen atoms in total. The van der Waals surface area contributed by atoms with Crippen LogP contribution in [0.15, 0.2) is 30.3 Å². The van der Waals surface area contributed by atoms with Crippen LogP contribution in [0.25, 0.3) is 0 Å². The molecule has 0 bridgehead atoms. The maximum absolute atomic E-state index is 11.8. The van der Waals surface area contributed by atoms with E-state index in [9.17, 15) is 13.2 Å². The average molecular weight is 228 g/mol. The van der Waals surface area contributed by atoms with E-state index in [1.54, 1.807) is 0 Å². The van der Waals surface area contributed by atoms with Crippen molar-refractivity contribution in [2.75, 3.05) is 0 Å². The fraction of sp³-hybridized carbons (Fsp3) is 0.273. The summed E-state index contributed by atoms with van der Waals surface area (Å²) in [5, 5.41) is 0. The molecule has 0 spiro atoms. The Morgan fingerprint density at radius 2 is 1.80 bits per heavy atom. The molecule has 0 N–H and O–H groups in total. The first-order valence-corrected chi connectivity index (χ1v) is 6.39. The predicted octanol–water partition coefficient (Wildman–Crippen LogP) is 2.54. The van der Waals surface area contributed by atoms with E-state index in [-0.39, 0.29) is 6.04 Å². The Hall–Kier alpha value is -1.21. The number of rotatable bonds is 2. The van der Waals surface area contributed by atoms with Gasteiger partial charge in [-0.1, -0.05) is 24.1 Å². The molecule has 0 aliphatic heterocycles. The van der Waals surface area contributed by atoms with Crippen molar-refractivity contribution in [2.45, 2.75) is 18.6 Å². The van der Waals surface area contributed by atoms with Crippen molar-refractivity contribution in [3.05, 3.63) is 35.9 Å². The van der Waals surface area contributed by atoms with E-state index >= 15 is 0 Å².